The molecule has 2 heterocycles. The molecule has 0 aromatic carbocycles. The van der Waals surface area contributed by atoms with Crippen molar-refractivity contribution < 1.29 is 4.79 Å². The highest BCUT2D eigenvalue weighted by molar-refractivity contribution is 5.80. The topological polar surface area (TPSA) is 60.0 Å². The van der Waals surface area contributed by atoms with E-state index in [1.54, 1.807) is 0 Å². The van der Waals surface area contributed by atoms with Crippen LogP contribution >= 0.6 is 0 Å². The number of piperidine rings is 1. The summed E-state index contributed by atoms with van der Waals surface area (Å²) in [7, 11) is 1.81. The summed E-state index contributed by atoms with van der Waals surface area (Å²) < 4.78 is 0. The highest BCUT2D eigenvalue weighted by Crippen LogP contribution is 2.15. The minimum absolute atomic E-state index is 0.248. The molecular weight excluding hydrogens is 302 g/mol. The number of rotatable bonds is 6. The summed E-state index contributed by atoms with van der Waals surface area (Å²) in [5.74, 6) is 2.00. The zero-order chi connectivity index (χ0) is 17.4. The van der Waals surface area contributed by atoms with Crippen LogP contribution in [-0.4, -0.2) is 74.0 Å². The number of carbonyl (C=O) groups is 1. The molecule has 6 nitrogen and oxygen atoms in total. The number of hydrogen-bond donors (Lipinski definition) is 2. The zero-order valence-corrected chi connectivity index (χ0v) is 15.7. The number of carbonyl (C=O) groups excluding carboxylic acids is 1. The lowest BCUT2D eigenvalue weighted by Crippen LogP contribution is -2.45. The summed E-state index contributed by atoms with van der Waals surface area (Å²) in [6.45, 7) is 10.5. The average molecular weight is 338 g/mol. The van der Waals surface area contributed by atoms with E-state index >= 15 is 0 Å². The fraction of sp³-hybridized carbons (Fsp3) is 0.889. The summed E-state index contributed by atoms with van der Waals surface area (Å²) in [6.07, 6.45) is 5.41. The first-order chi connectivity index (χ1) is 11.6. The third kappa shape index (κ3) is 5.96. The Balaban J connectivity index is 1.60. The van der Waals surface area contributed by atoms with Gasteiger partial charge in [0.2, 0.25) is 5.91 Å². The predicted molar refractivity (Wildman–Crippen MR) is 99.2 cm³/mol. The smallest absolute Gasteiger partial charge is 0.222 e. The Morgan fingerprint density at radius 2 is 1.96 bits per heavy atom. The van der Waals surface area contributed by atoms with Crippen molar-refractivity contribution in [1.82, 2.24) is 20.4 Å². The summed E-state index contributed by atoms with van der Waals surface area (Å²) in [5.41, 5.74) is 0. The van der Waals surface area contributed by atoms with Gasteiger partial charge in [0, 0.05) is 39.1 Å². The van der Waals surface area contributed by atoms with Crippen LogP contribution in [0.2, 0.25) is 0 Å². The Labute approximate surface area is 147 Å². The van der Waals surface area contributed by atoms with Gasteiger partial charge in [-0.15, -0.1) is 0 Å². The largest absolute Gasteiger partial charge is 0.356 e. The van der Waals surface area contributed by atoms with E-state index in [1.165, 1.54) is 32.5 Å². The third-order valence-electron chi connectivity index (χ3n) is 5.23. The van der Waals surface area contributed by atoms with Gasteiger partial charge in [-0.3, -0.25) is 9.79 Å². The van der Waals surface area contributed by atoms with E-state index in [4.69, 9.17) is 0 Å². The van der Waals surface area contributed by atoms with Crippen molar-refractivity contribution in [2.24, 2.45) is 10.9 Å². The van der Waals surface area contributed by atoms with E-state index < -0.39 is 0 Å². The number of hydrogen-bond acceptors (Lipinski definition) is 3. The average Bonchev–Trinajstić information content (AvgIpc) is 3.07. The molecule has 0 spiro atoms. The van der Waals surface area contributed by atoms with E-state index in [0.29, 0.717) is 12.5 Å². The number of guanidine groups is 1. The van der Waals surface area contributed by atoms with Gasteiger partial charge in [0.1, 0.15) is 0 Å². The van der Waals surface area contributed by atoms with Gasteiger partial charge in [-0.05, 0) is 51.2 Å². The van der Waals surface area contributed by atoms with Crippen LogP contribution in [-0.2, 0) is 4.79 Å². The molecule has 1 atom stereocenters. The van der Waals surface area contributed by atoms with Gasteiger partial charge in [0.15, 0.2) is 5.96 Å². The van der Waals surface area contributed by atoms with Crippen molar-refractivity contribution in [1.29, 1.82) is 0 Å². The van der Waals surface area contributed by atoms with Gasteiger partial charge in [0.25, 0.3) is 0 Å². The quantitative estimate of drug-likeness (QED) is 0.435. The lowest BCUT2D eigenvalue weighted by atomic mass is 9.99. The molecule has 0 aromatic heterocycles. The fourth-order valence-corrected chi connectivity index (χ4v) is 3.51. The lowest BCUT2D eigenvalue weighted by molar-refractivity contribution is -0.129. The van der Waals surface area contributed by atoms with Gasteiger partial charge < -0.3 is 20.4 Å². The maximum Gasteiger partial charge on any atom is 0.222 e. The molecule has 2 N–H and O–H groups in total. The van der Waals surface area contributed by atoms with Gasteiger partial charge in [-0.25, -0.2) is 0 Å². The molecule has 2 aliphatic heterocycles. The SMILES string of the molecule is CCC(=O)N1CCC(NC(=NC)NCCCN2CCC(C)CC2)C1. The maximum absolute atomic E-state index is 11.7. The van der Waals surface area contributed by atoms with Crippen LogP contribution in [0.3, 0.4) is 0 Å². The zero-order valence-electron chi connectivity index (χ0n) is 15.7. The summed E-state index contributed by atoms with van der Waals surface area (Å²) in [4.78, 5) is 20.6. The van der Waals surface area contributed by atoms with E-state index in [2.05, 4.69) is 27.4 Å². The van der Waals surface area contributed by atoms with Crippen LogP contribution < -0.4 is 10.6 Å². The van der Waals surface area contributed by atoms with Crippen molar-refractivity contribution in [2.45, 2.75) is 52.0 Å². The fourth-order valence-electron chi connectivity index (χ4n) is 3.51. The molecule has 1 unspecified atom stereocenters. The Hall–Kier alpha value is -1.30. The van der Waals surface area contributed by atoms with Crippen LogP contribution in [0.15, 0.2) is 4.99 Å². The van der Waals surface area contributed by atoms with Crippen LogP contribution in [0.5, 0.6) is 0 Å². The van der Waals surface area contributed by atoms with Gasteiger partial charge in [0.05, 0.1) is 0 Å². The third-order valence-corrected chi connectivity index (χ3v) is 5.23. The van der Waals surface area contributed by atoms with Crippen LogP contribution in [0.25, 0.3) is 0 Å². The molecule has 2 rings (SSSR count). The Bertz CT molecular complexity index is 418. The summed E-state index contributed by atoms with van der Waals surface area (Å²) in [6, 6.07) is 0.315. The Morgan fingerprint density at radius 3 is 2.62 bits per heavy atom. The molecule has 0 aromatic rings. The first-order valence-electron chi connectivity index (χ1n) is 9.59. The van der Waals surface area contributed by atoms with Crippen molar-refractivity contribution in [2.75, 3.05) is 46.3 Å². The first kappa shape index (κ1) is 19.0. The Morgan fingerprint density at radius 1 is 1.21 bits per heavy atom. The molecular formula is C18H35N5O. The number of amides is 1. The summed E-state index contributed by atoms with van der Waals surface area (Å²) >= 11 is 0. The molecule has 2 fully saturated rings. The molecule has 0 bridgehead atoms. The van der Waals surface area contributed by atoms with Crippen molar-refractivity contribution in [3.63, 3.8) is 0 Å². The number of nitrogens with one attached hydrogen (secondary N) is 2. The molecule has 2 saturated heterocycles. The molecule has 2 aliphatic rings. The van der Waals surface area contributed by atoms with Crippen molar-refractivity contribution >= 4 is 11.9 Å². The first-order valence-corrected chi connectivity index (χ1v) is 9.59. The molecule has 6 heteroatoms. The number of nitrogens with zero attached hydrogens (tertiary/aromatic N) is 3. The highest BCUT2D eigenvalue weighted by atomic mass is 16.2. The monoisotopic (exact) mass is 337 g/mol. The van der Waals surface area contributed by atoms with E-state index in [-0.39, 0.29) is 5.91 Å². The molecule has 138 valence electrons. The second-order valence-corrected chi connectivity index (χ2v) is 7.20. The van der Waals surface area contributed by atoms with Crippen molar-refractivity contribution in [3.05, 3.63) is 0 Å². The molecule has 24 heavy (non-hydrogen) atoms. The second kappa shape index (κ2) is 9.87. The molecule has 0 aliphatic carbocycles. The summed E-state index contributed by atoms with van der Waals surface area (Å²) in [5, 5.41) is 6.86. The number of aliphatic imine (C=N–C) groups is 1. The van der Waals surface area contributed by atoms with Gasteiger partial charge in [-0.2, -0.15) is 0 Å². The van der Waals surface area contributed by atoms with Gasteiger partial charge in [-0.1, -0.05) is 13.8 Å². The van der Waals surface area contributed by atoms with Crippen LogP contribution in [0.4, 0.5) is 0 Å². The normalized spacial score (nSPS) is 23.5. The minimum atomic E-state index is 0.248. The van der Waals surface area contributed by atoms with Crippen molar-refractivity contribution in [3.8, 4) is 0 Å². The molecule has 0 saturated carbocycles. The van der Waals surface area contributed by atoms with E-state index in [1.807, 2.05) is 18.9 Å². The maximum atomic E-state index is 11.7. The van der Waals surface area contributed by atoms with E-state index in [9.17, 15) is 4.79 Å². The molecule has 1 amide bonds. The van der Waals surface area contributed by atoms with Gasteiger partial charge >= 0.3 is 0 Å². The minimum Gasteiger partial charge on any atom is -0.356 e. The number of likely N-dealkylation sites (tertiary alicyclic amines) is 2. The predicted octanol–water partition coefficient (Wildman–Crippen LogP) is 1.28. The second-order valence-electron chi connectivity index (χ2n) is 7.20. The highest BCUT2D eigenvalue weighted by Gasteiger charge is 2.25. The Kier molecular flexibility index (Phi) is 7.82. The molecule has 0 radical (unpaired) electrons. The van der Waals surface area contributed by atoms with Crippen LogP contribution in [0.1, 0.15) is 46.0 Å². The standard InChI is InChI=1S/C18H35N5O/c1-4-17(24)23-13-8-16(14-23)21-18(19-3)20-9-5-10-22-11-6-15(2)7-12-22/h15-16H,4-14H2,1-3H3,(H2,19,20,21). The lowest BCUT2D eigenvalue weighted by Gasteiger charge is -2.30. The van der Waals surface area contributed by atoms with E-state index in [0.717, 1.165) is 44.4 Å². The van der Waals surface area contributed by atoms with Crippen LogP contribution in [0, 0.1) is 5.92 Å².